The molecule has 11 nitrogen and oxygen atoms in total. The number of aliphatic hydroxyl groups is 3. The van der Waals surface area contributed by atoms with Crippen LogP contribution in [0.2, 0.25) is 0 Å². The standard InChI is InChI=1S/C6H8O6.C4H7NO4.2K/c7-1-2(8)5-3(9)4(10)6(11)12-5;5-2(4(8)9)1-3(6)7;;/h2,5,7-10H,1H2;2H,1,5H2,(H,6,7)(H,8,9);;/q;;2*+1/p-2/t2-,5+;2-;;/m00../s1. The second-order valence-electron chi connectivity index (χ2n) is 3.81. The molecule has 0 saturated carbocycles. The maximum Gasteiger partial charge on any atom is 1.00 e. The van der Waals surface area contributed by atoms with E-state index in [1.54, 1.807) is 0 Å². The molecule has 0 aromatic carbocycles. The summed E-state index contributed by atoms with van der Waals surface area (Å²) in [6, 6.07) is -1.40. The van der Waals surface area contributed by atoms with Gasteiger partial charge in [-0.1, -0.05) is 0 Å². The fraction of sp³-hybridized carbons (Fsp3) is 0.500. The molecule has 0 bridgehead atoms. The van der Waals surface area contributed by atoms with Gasteiger partial charge in [-0.15, -0.1) is 0 Å². The number of rotatable bonds is 5. The first-order valence-electron chi connectivity index (χ1n) is 5.40. The Morgan fingerprint density at radius 1 is 1.35 bits per heavy atom. The Kier molecular flexibility index (Phi) is 17.6. The van der Waals surface area contributed by atoms with Gasteiger partial charge in [0, 0.05) is 5.76 Å². The van der Waals surface area contributed by atoms with Gasteiger partial charge < -0.3 is 45.9 Å². The summed E-state index contributed by atoms with van der Waals surface area (Å²) in [7, 11) is 0. The zero-order valence-corrected chi connectivity index (χ0v) is 18.7. The number of hydrogen-bond acceptors (Lipinski definition) is 10. The van der Waals surface area contributed by atoms with E-state index < -0.39 is 60.7 Å². The quantitative estimate of drug-likeness (QED) is 0.221. The van der Waals surface area contributed by atoms with E-state index in [4.69, 9.17) is 26.2 Å². The van der Waals surface area contributed by atoms with Gasteiger partial charge in [-0.25, -0.2) is 4.79 Å². The smallest absolute Gasteiger partial charge is 0.865 e. The molecule has 0 spiro atoms. The molecule has 13 heteroatoms. The first kappa shape index (κ1) is 28.7. The van der Waals surface area contributed by atoms with Crippen molar-refractivity contribution in [2.24, 2.45) is 5.73 Å². The fourth-order valence-electron chi connectivity index (χ4n) is 1.09. The molecular formula is C10H13K2NO10. The topological polar surface area (TPSA) is 213 Å². The molecule has 3 atom stereocenters. The molecule has 0 fully saturated rings. The number of aliphatic hydroxyl groups excluding tert-OH is 3. The van der Waals surface area contributed by atoms with E-state index in [0.29, 0.717) is 0 Å². The van der Waals surface area contributed by atoms with Crippen molar-refractivity contribution in [2.75, 3.05) is 6.61 Å². The van der Waals surface area contributed by atoms with Crippen molar-refractivity contribution >= 4 is 17.9 Å². The largest absolute Gasteiger partial charge is 1.00 e. The molecule has 0 aromatic heterocycles. The molecule has 0 radical (unpaired) electrons. The Hall–Kier alpha value is 0.903. The Labute approximate surface area is 215 Å². The molecule has 0 aromatic rings. The maximum atomic E-state index is 10.6. The van der Waals surface area contributed by atoms with Crippen molar-refractivity contribution in [1.29, 1.82) is 0 Å². The number of carboxylic acids is 2. The van der Waals surface area contributed by atoms with E-state index in [0.717, 1.165) is 0 Å². The summed E-state index contributed by atoms with van der Waals surface area (Å²) in [5, 5.41) is 54.5. The molecule has 1 rings (SSSR count). The van der Waals surface area contributed by atoms with Crippen molar-refractivity contribution in [1.82, 2.24) is 0 Å². The van der Waals surface area contributed by atoms with Crippen LogP contribution in [0.4, 0.5) is 0 Å². The van der Waals surface area contributed by atoms with Crippen LogP contribution in [-0.4, -0.2) is 63.2 Å². The van der Waals surface area contributed by atoms with E-state index in [9.17, 15) is 24.6 Å². The van der Waals surface area contributed by atoms with Crippen LogP contribution in [0.5, 0.6) is 0 Å². The fourth-order valence-corrected chi connectivity index (χ4v) is 1.09. The molecule has 1 aliphatic rings. The van der Waals surface area contributed by atoms with Crippen LogP contribution in [0.25, 0.3) is 0 Å². The van der Waals surface area contributed by atoms with Gasteiger partial charge in [0.05, 0.1) is 25.0 Å². The number of nitrogens with two attached hydrogens (primary N) is 1. The molecule has 0 unspecified atom stereocenters. The Balaban J connectivity index is -0.000000332. The van der Waals surface area contributed by atoms with Crippen molar-refractivity contribution in [3.8, 4) is 0 Å². The van der Waals surface area contributed by atoms with Gasteiger partial charge in [0.1, 0.15) is 11.9 Å². The zero-order valence-electron chi connectivity index (χ0n) is 12.5. The number of cyclic esters (lactones) is 1. The van der Waals surface area contributed by atoms with Gasteiger partial charge in [0.25, 0.3) is 0 Å². The monoisotopic (exact) mass is 385 g/mol. The van der Waals surface area contributed by atoms with Gasteiger partial charge in [-0.05, 0) is 0 Å². The van der Waals surface area contributed by atoms with Crippen LogP contribution >= 0.6 is 0 Å². The number of esters is 1. The summed E-state index contributed by atoms with van der Waals surface area (Å²) in [6.07, 6.45) is -3.47. The summed E-state index contributed by atoms with van der Waals surface area (Å²) in [5.74, 6) is -6.04. The summed E-state index contributed by atoms with van der Waals surface area (Å²) in [5.41, 5.74) is 4.77. The number of hydrogen-bond donors (Lipinski definition) is 5. The number of ether oxygens (including phenoxy) is 1. The summed E-state index contributed by atoms with van der Waals surface area (Å²) < 4.78 is 4.25. The van der Waals surface area contributed by atoms with E-state index >= 15 is 0 Å². The van der Waals surface area contributed by atoms with Gasteiger partial charge in [-0.3, -0.25) is 4.79 Å². The third-order valence-corrected chi connectivity index (χ3v) is 2.16. The molecule has 120 valence electrons. The minimum Gasteiger partial charge on any atom is -0.865 e. The van der Waals surface area contributed by atoms with Crippen LogP contribution in [0.3, 0.4) is 0 Å². The zero-order chi connectivity index (χ0) is 16.7. The van der Waals surface area contributed by atoms with Crippen molar-refractivity contribution in [3.63, 3.8) is 0 Å². The minimum atomic E-state index is -1.54. The second-order valence-corrected chi connectivity index (χ2v) is 3.81. The predicted octanol–water partition coefficient (Wildman–Crippen LogP) is -11.1. The Morgan fingerprint density at radius 2 is 1.83 bits per heavy atom. The molecule has 0 amide bonds. The van der Waals surface area contributed by atoms with Crippen molar-refractivity contribution in [3.05, 3.63) is 11.5 Å². The number of carboxylic acid groups (broad SMARTS) is 2. The van der Waals surface area contributed by atoms with E-state index in [1.807, 2.05) is 0 Å². The second kappa shape index (κ2) is 14.1. The summed E-state index contributed by atoms with van der Waals surface area (Å²) in [6.45, 7) is -0.699. The molecule has 0 saturated heterocycles. The third-order valence-electron chi connectivity index (χ3n) is 2.16. The van der Waals surface area contributed by atoms with Crippen LogP contribution in [-0.2, 0) is 19.1 Å². The number of carbonyl (C=O) groups excluding carboxylic acids is 2. The first-order chi connectivity index (χ1) is 9.61. The first-order valence-corrected chi connectivity index (χ1v) is 5.40. The predicted molar refractivity (Wildman–Crippen MR) is 57.9 cm³/mol. The van der Waals surface area contributed by atoms with Crippen LogP contribution < -0.4 is 119 Å². The van der Waals surface area contributed by atoms with Gasteiger partial charge in [-0.2, -0.15) is 0 Å². The number of carbonyl (C=O) groups is 3. The van der Waals surface area contributed by atoms with Crippen molar-refractivity contribution in [2.45, 2.75) is 24.7 Å². The maximum absolute atomic E-state index is 10.6. The molecule has 6 N–H and O–H groups in total. The summed E-state index contributed by atoms with van der Waals surface area (Å²) in [4.78, 5) is 29.9. The van der Waals surface area contributed by atoms with Gasteiger partial charge in [0.2, 0.25) is 0 Å². The van der Waals surface area contributed by atoms with E-state index in [-0.39, 0.29) is 103 Å². The van der Waals surface area contributed by atoms with Crippen LogP contribution in [0.15, 0.2) is 11.5 Å². The SMILES string of the molecule is N[C@@H](CC(=O)O)C(=O)[O-].O=C1O[C@H]([C@@H](O)CO)C(O)=C1[O-].[K+].[K+]. The average Bonchev–Trinajstić information content (AvgIpc) is 2.65. The van der Waals surface area contributed by atoms with Crippen LogP contribution in [0, 0.1) is 0 Å². The van der Waals surface area contributed by atoms with E-state index in [2.05, 4.69) is 4.74 Å². The Morgan fingerprint density at radius 3 is 2.04 bits per heavy atom. The molecule has 23 heavy (non-hydrogen) atoms. The summed E-state index contributed by atoms with van der Waals surface area (Å²) >= 11 is 0. The van der Waals surface area contributed by atoms with Gasteiger partial charge >= 0.3 is 115 Å². The molecule has 1 aliphatic heterocycles. The molecule has 0 aliphatic carbocycles. The van der Waals surface area contributed by atoms with Crippen LogP contribution in [0.1, 0.15) is 6.42 Å². The minimum absolute atomic E-state index is 0. The Bertz CT molecular complexity index is 455. The normalized spacial score (nSPS) is 18.4. The number of aliphatic carboxylic acids is 2. The third kappa shape index (κ3) is 10.5. The molecule has 1 heterocycles. The van der Waals surface area contributed by atoms with Gasteiger partial charge in [0.15, 0.2) is 6.10 Å². The average molecular weight is 385 g/mol. The molecular weight excluding hydrogens is 372 g/mol. The van der Waals surface area contributed by atoms with E-state index in [1.165, 1.54) is 0 Å². The van der Waals surface area contributed by atoms with Crippen molar-refractivity contribution < 1.29 is 153 Å².